The van der Waals surface area contributed by atoms with Crippen molar-refractivity contribution in [1.82, 2.24) is 25.1 Å². The van der Waals surface area contributed by atoms with Gasteiger partial charge in [0, 0.05) is 19.3 Å². The quantitative estimate of drug-likeness (QED) is 0.595. The standard InChI is InChI=1S/C12H20N6S/c1-4-18(5-2)6-7-19-11-9-8-14-17-10(9)15-12(13-3)16-11/h8H,4-7H2,1-3H3,(H2,13,14,15,16,17). The zero-order valence-corrected chi connectivity index (χ0v) is 12.4. The summed E-state index contributed by atoms with van der Waals surface area (Å²) in [7, 11) is 1.82. The summed E-state index contributed by atoms with van der Waals surface area (Å²) in [6.07, 6.45) is 1.79. The van der Waals surface area contributed by atoms with Crippen LogP contribution in [0.4, 0.5) is 5.95 Å². The van der Waals surface area contributed by atoms with Crippen molar-refractivity contribution in [2.24, 2.45) is 0 Å². The largest absolute Gasteiger partial charge is 0.357 e. The molecule has 0 unspecified atom stereocenters. The maximum atomic E-state index is 4.50. The van der Waals surface area contributed by atoms with E-state index in [9.17, 15) is 0 Å². The fourth-order valence-corrected chi connectivity index (χ4v) is 2.84. The van der Waals surface area contributed by atoms with Gasteiger partial charge < -0.3 is 10.2 Å². The number of fused-ring (bicyclic) bond motifs is 1. The van der Waals surface area contributed by atoms with Gasteiger partial charge in [0.25, 0.3) is 0 Å². The Kier molecular flexibility index (Phi) is 4.98. The molecule has 0 radical (unpaired) electrons. The van der Waals surface area contributed by atoms with Crippen LogP contribution in [0.2, 0.25) is 0 Å². The molecule has 0 saturated heterocycles. The summed E-state index contributed by atoms with van der Waals surface area (Å²) in [6.45, 7) is 7.61. The Morgan fingerprint density at radius 1 is 1.32 bits per heavy atom. The van der Waals surface area contributed by atoms with Crippen LogP contribution in [0.1, 0.15) is 13.8 Å². The van der Waals surface area contributed by atoms with Gasteiger partial charge in [0.1, 0.15) is 5.03 Å². The summed E-state index contributed by atoms with van der Waals surface area (Å²) in [5.41, 5.74) is 0.782. The molecule has 0 spiro atoms. The average molecular weight is 280 g/mol. The summed E-state index contributed by atoms with van der Waals surface area (Å²) in [6, 6.07) is 0. The van der Waals surface area contributed by atoms with E-state index in [0.717, 1.165) is 41.4 Å². The monoisotopic (exact) mass is 280 g/mol. The van der Waals surface area contributed by atoms with Crippen molar-refractivity contribution >= 4 is 28.7 Å². The molecule has 0 aliphatic carbocycles. The van der Waals surface area contributed by atoms with Crippen molar-refractivity contribution in [2.45, 2.75) is 18.9 Å². The van der Waals surface area contributed by atoms with Gasteiger partial charge in [-0.05, 0) is 13.1 Å². The molecule has 0 amide bonds. The molecule has 0 aliphatic heterocycles. The van der Waals surface area contributed by atoms with E-state index in [4.69, 9.17) is 0 Å². The van der Waals surface area contributed by atoms with Crippen LogP contribution in [0.25, 0.3) is 11.0 Å². The first-order valence-electron chi connectivity index (χ1n) is 6.52. The minimum absolute atomic E-state index is 0.627. The second-order valence-corrected chi connectivity index (χ2v) is 5.19. The van der Waals surface area contributed by atoms with Gasteiger partial charge in [0.15, 0.2) is 5.65 Å². The van der Waals surface area contributed by atoms with Crippen LogP contribution in [-0.4, -0.2) is 57.5 Å². The van der Waals surface area contributed by atoms with Crippen LogP contribution in [0, 0.1) is 0 Å². The Bertz CT molecular complexity index is 522. The van der Waals surface area contributed by atoms with Crippen molar-refractivity contribution in [2.75, 3.05) is 37.8 Å². The molecule has 7 heteroatoms. The molecular weight excluding hydrogens is 260 g/mol. The number of nitrogens with one attached hydrogen (secondary N) is 2. The van der Waals surface area contributed by atoms with Crippen LogP contribution < -0.4 is 5.32 Å². The lowest BCUT2D eigenvalue weighted by molar-refractivity contribution is 0.324. The lowest BCUT2D eigenvalue weighted by atomic mass is 10.4. The van der Waals surface area contributed by atoms with Gasteiger partial charge in [-0.2, -0.15) is 10.1 Å². The third kappa shape index (κ3) is 3.36. The summed E-state index contributed by atoms with van der Waals surface area (Å²) in [5, 5.41) is 11.9. The van der Waals surface area contributed by atoms with Gasteiger partial charge in [0.05, 0.1) is 11.6 Å². The van der Waals surface area contributed by atoms with Gasteiger partial charge in [-0.15, -0.1) is 11.8 Å². The fraction of sp³-hybridized carbons (Fsp3) is 0.583. The van der Waals surface area contributed by atoms with Crippen LogP contribution in [-0.2, 0) is 0 Å². The van der Waals surface area contributed by atoms with Gasteiger partial charge in [-0.1, -0.05) is 13.8 Å². The number of hydrogen-bond donors (Lipinski definition) is 2. The number of rotatable bonds is 7. The van der Waals surface area contributed by atoms with E-state index in [-0.39, 0.29) is 0 Å². The van der Waals surface area contributed by atoms with Gasteiger partial charge >= 0.3 is 0 Å². The number of nitrogens with zero attached hydrogens (tertiary/aromatic N) is 4. The van der Waals surface area contributed by atoms with E-state index in [1.807, 2.05) is 7.05 Å². The third-order valence-electron chi connectivity index (χ3n) is 3.04. The van der Waals surface area contributed by atoms with Crippen molar-refractivity contribution in [3.63, 3.8) is 0 Å². The molecule has 2 aromatic rings. The van der Waals surface area contributed by atoms with E-state index in [1.54, 1.807) is 18.0 Å². The molecule has 0 aromatic carbocycles. The Hall–Kier alpha value is -1.34. The number of aromatic nitrogens is 4. The Morgan fingerprint density at radius 3 is 2.79 bits per heavy atom. The molecule has 0 aliphatic rings. The van der Waals surface area contributed by atoms with E-state index in [0.29, 0.717) is 5.95 Å². The first-order chi connectivity index (χ1) is 9.28. The van der Waals surface area contributed by atoms with Crippen LogP contribution in [0.5, 0.6) is 0 Å². The van der Waals surface area contributed by atoms with Gasteiger partial charge in [-0.25, -0.2) is 4.98 Å². The fourth-order valence-electron chi connectivity index (χ4n) is 1.84. The van der Waals surface area contributed by atoms with Crippen LogP contribution in [0.15, 0.2) is 11.2 Å². The Balaban J connectivity index is 2.08. The summed E-state index contributed by atoms with van der Waals surface area (Å²) < 4.78 is 0. The normalized spacial score (nSPS) is 11.4. The van der Waals surface area contributed by atoms with E-state index >= 15 is 0 Å². The average Bonchev–Trinajstić information content (AvgIpc) is 2.91. The lowest BCUT2D eigenvalue weighted by Gasteiger charge is -2.17. The summed E-state index contributed by atoms with van der Waals surface area (Å²) in [5.74, 6) is 1.64. The minimum atomic E-state index is 0.627. The van der Waals surface area contributed by atoms with Crippen molar-refractivity contribution in [3.8, 4) is 0 Å². The number of thioether (sulfide) groups is 1. The number of H-pyrrole nitrogens is 1. The highest BCUT2D eigenvalue weighted by Crippen LogP contribution is 2.25. The Labute approximate surface area is 117 Å². The predicted octanol–water partition coefficient (Wildman–Crippen LogP) is 1.83. The van der Waals surface area contributed by atoms with Crippen molar-refractivity contribution in [1.29, 1.82) is 0 Å². The minimum Gasteiger partial charge on any atom is -0.357 e. The number of hydrogen-bond acceptors (Lipinski definition) is 6. The molecule has 2 aromatic heterocycles. The van der Waals surface area contributed by atoms with Crippen LogP contribution >= 0.6 is 11.8 Å². The summed E-state index contributed by atoms with van der Waals surface area (Å²) >= 11 is 1.75. The Morgan fingerprint density at radius 2 is 2.11 bits per heavy atom. The molecule has 0 atom stereocenters. The predicted molar refractivity (Wildman–Crippen MR) is 79.7 cm³/mol. The lowest BCUT2D eigenvalue weighted by Crippen LogP contribution is -2.25. The van der Waals surface area contributed by atoms with Crippen LogP contribution in [0.3, 0.4) is 0 Å². The molecule has 6 nitrogen and oxygen atoms in total. The van der Waals surface area contributed by atoms with E-state index in [2.05, 4.69) is 44.2 Å². The topological polar surface area (TPSA) is 69.7 Å². The maximum Gasteiger partial charge on any atom is 0.225 e. The van der Waals surface area contributed by atoms with E-state index in [1.165, 1.54) is 0 Å². The highest BCUT2D eigenvalue weighted by Gasteiger charge is 2.09. The molecular formula is C12H20N6S. The zero-order chi connectivity index (χ0) is 13.7. The van der Waals surface area contributed by atoms with Gasteiger partial charge in [-0.3, -0.25) is 5.10 Å². The second-order valence-electron chi connectivity index (χ2n) is 4.11. The smallest absolute Gasteiger partial charge is 0.225 e. The molecule has 2 N–H and O–H groups in total. The van der Waals surface area contributed by atoms with Gasteiger partial charge in [0.2, 0.25) is 5.95 Å². The highest BCUT2D eigenvalue weighted by molar-refractivity contribution is 7.99. The molecule has 104 valence electrons. The molecule has 0 fully saturated rings. The second kappa shape index (κ2) is 6.72. The molecule has 0 bridgehead atoms. The molecule has 2 heterocycles. The zero-order valence-electron chi connectivity index (χ0n) is 11.6. The number of anilines is 1. The first kappa shape index (κ1) is 14.1. The molecule has 2 rings (SSSR count). The molecule has 0 saturated carbocycles. The maximum absolute atomic E-state index is 4.50. The van der Waals surface area contributed by atoms with Crippen molar-refractivity contribution in [3.05, 3.63) is 6.20 Å². The highest BCUT2D eigenvalue weighted by atomic mass is 32.2. The SMILES string of the molecule is CCN(CC)CCSc1nc(NC)nc2[nH]ncc12. The summed E-state index contributed by atoms with van der Waals surface area (Å²) in [4.78, 5) is 11.2. The third-order valence-corrected chi connectivity index (χ3v) is 4.01. The first-order valence-corrected chi connectivity index (χ1v) is 7.51. The van der Waals surface area contributed by atoms with Crippen molar-refractivity contribution < 1.29 is 0 Å². The molecule has 19 heavy (non-hydrogen) atoms. The number of aromatic amines is 1. The van der Waals surface area contributed by atoms with E-state index < -0.39 is 0 Å².